The Morgan fingerprint density at radius 3 is 2.81 bits per heavy atom. The molecule has 2 aliphatic carbocycles. The Hall–Kier alpha value is -0.570. The fourth-order valence-corrected chi connectivity index (χ4v) is 3.59. The summed E-state index contributed by atoms with van der Waals surface area (Å²) in [6, 6.07) is 5.38. The molecule has 2 fully saturated rings. The van der Waals surface area contributed by atoms with Crippen LogP contribution in [0.1, 0.15) is 25.7 Å². The summed E-state index contributed by atoms with van der Waals surface area (Å²) in [4.78, 5) is 0. The van der Waals surface area contributed by atoms with E-state index in [4.69, 9.17) is 0 Å². The second-order valence-electron chi connectivity index (χ2n) is 5.05. The van der Waals surface area contributed by atoms with Gasteiger partial charge in [-0.2, -0.15) is 0 Å². The molecule has 3 unspecified atom stereocenters. The summed E-state index contributed by atoms with van der Waals surface area (Å²) in [7, 11) is 0. The Kier molecular flexibility index (Phi) is 2.66. The van der Waals surface area contributed by atoms with Gasteiger partial charge in [0.1, 0.15) is 5.82 Å². The summed E-state index contributed by atoms with van der Waals surface area (Å²) in [5.74, 6) is 1.55. The smallest absolute Gasteiger partial charge is 0.125 e. The molecule has 3 rings (SSSR count). The van der Waals surface area contributed by atoms with Gasteiger partial charge in [0.25, 0.3) is 0 Å². The molecule has 2 aliphatic rings. The summed E-state index contributed by atoms with van der Waals surface area (Å²) in [5, 5.41) is 3.49. The normalized spacial score (nSPS) is 32.0. The van der Waals surface area contributed by atoms with E-state index in [0.29, 0.717) is 6.04 Å². The number of anilines is 1. The van der Waals surface area contributed by atoms with E-state index in [9.17, 15) is 4.39 Å². The van der Waals surface area contributed by atoms with Gasteiger partial charge in [0.05, 0.1) is 5.69 Å². The topological polar surface area (TPSA) is 12.0 Å². The second-order valence-corrected chi connectivity index (χ2v) is 5.90. The molecule has 0 aromatic heterocycles. The molecule has 1 nitrogen and oxygen atoms in total. The van der Waals surface area contributed by atoms with Crippen LogP contribution >= 0.6 is 15.9 Å². The van der Waals surface area contributed by atoms with Crippen LogP contribution in [0.25, 0.3) is 0 Å². The number of hydrogen-bond donors (Lipinski definition) is 1. The van der Waals surface area contributed by atoms with Crippen LogP contribution in [-0.4, -0.2) is 6.04 Å². The minimum absolute atomic E-state index is 0.172. The molecule has 0 heterocycles. The zero-order chi connectivity index (χ0) is 11.1. The molecule has 0 spiro atoms. The maximum atomic E-state index is 13.1. The molecule has 0 aliphatic heterocycles. The van der Waals surface area contributed by atoms with Gasteiger partial charge in [0.15, 0.2) is 0 Å². The van der Waals surface area contributed by atoms with Crippen molar-refractivity contribution in [3.05, 3.63) is 28.5 Å². The highest BCUT2D eigenvalue weighted by atomic mass is 79.9. The van der Waals surface area contributed by atoms with E-state index in [2.05, 4.69) is 21.2 Å². The standard InChI is InChI=1S/C13H15BrFN/c14-11-4-3-10(15)7-13(11)16-12-6-8-1-2-9(12)5-8/h3-4,7-9,12,16H,1-2,5-6H2. The van der Waals surface area contributed by atoms with Crippen LogP contribution in [0, 0.1) is 17.7 Å². The van der Waals surface area contributed by atoms with Crippen LogP contribution in [0.3, 0.4) is 0 Å². The lowest BCUT2D eigenvalue weighted by atomic mass is 9.95. The highest BCUT2D eigenvalue weighted by Gasteiger charge is 2.39. The average Bonchev–Trinajstić information content (AvgIpc) is 2.85. The molecule has 1 N–H and O–H groups in total. The SMILES string of the molecule is Fc1ccc(Br)c(NC2CC3CCC2C3)c1. The van der Waals surface area contributed by atoms with Gasteiger partial charge >= 0.3 is 0 Å². The Balaban J connectivity index is 1.76. The van der Waals surface area contributed by atoms with E-state index >= 15 is 0 Å². The van der Waals surface area contributed by atoms with Crippen molar-refractivity contribution in [2.24, 2.45) is 11.8 Å². The highest BCUT2D eigenvalue weighted by Crippen LogP contribution is 2.45. The molecular formula is C13H15BrFN. The first-order valence-corrected chi connectivity index (χ1v) is 6.73. The Labute approximate surface area is 104 Å². The lowest BCUT2D eigenvalue weighted by molar-refractivity contribution is 0.439. The third-order valence-corrected chi connectivity index (χ3v) is 4.70. The number of hydrogen-bond acceptors (Lipinski definition) is 1. The first-order valence-electron chi connectivity index (χ1n) is 5.94. The van der Waals surface area contributed by atoms with Crippen LogP contribution in [0.2, 0.25) is 0 Å². The Morgan fingerprint density at radius 2 is 2.12 bits per heavy atom. The van der Waals surface area contributed by atoms with Gasteiger partial charge in [-0.1, -0.05) is 6.42 Å². The van der Waals surface area contributed by atoms with E-state index in [1.165, 1.54) is 31.7 Å². The fourth-order valence-electron chi connectivity index (χ4n) is 3.23. The van der Waals surface area contributed by atoms with Gasteiger partial charge in [-0.25, -0.2) is 4.39 Å². The second kappa shape index (κ2) is 4.02. The maximum Gasteiger partial charge on any atom is 0.125 e. The van der Waals surface area contributed by atoms with Crippen LogP contribution in [0.4, 0.5) is 10.1 Å². The molecule has 3 heteroatoms. The van der Waals surface area contributed by atoms with Gasteiger partial charge in [-0.3, -0.25) is 0 Å². The van der Waals surface area contributed by atoms with Crippen molar-refractivity contribution >= 4 is 21.6 Å². The predicted molar refractivity (Wildman–Crippen MR) is 67.0 cm³/mol. The number of benzene rings is 1. The number of rotatable bonds is 2. The predicted octanol–water partition coefficient (Wildman–Crippen LogP) is 4.19. The molecule has 3 atom stereocenters. The summed E-state index contributed by atoms with van der Waals surface area (Å²) < 4.78 is 14.1. The summed E-state index contributed by atoms with van der Waals surface area (Å²) in [5.41, 5.74) is 0.901. The minimum atomic E-state index is -0.172. The monoisotopic (exact) mass is 283 g/mol. The molecule has 16 heavy (non-hydrogen) atoms. The van der Waals surface area contributed by atoms with Crippen LogP contribution in [0.15, 0.2) is 22.7 Å². The van der Waals surface area contributed by atoms with E-state index in [1.807, 2.05) is 0 Å². The van der Waals surface area contributed by atoms with E-state index in [1.54, 1.807) is 12.1 Å². The molecule has 0 amide bonds. The van der Waals surface area contributed by atoms with Gasteiger partial charge in [0, 0.05) is 10.5 Å². The number of fused-ring (bicyclic) bond motifs is 2. The van der Waals surface area contributed by atoms with Crippen LogP contribution in [0.5, 0.6) is 0 Å². The highest BCUT2D eigenvalue weighted by molar-refractivity contribution is 9.10. The maximum absolute atomic E-state index is 13.1. The van der Waals surface area contributed by atoms with Crippen molar-refractivity contribution in [1.29, 1.82) is 0 Å². The van der Waals surface area contributed by atoms with Crippen LogP contribution < -0.4 is 5.32 Å². The van der Waals surface area contributed by atoms with Crippen molar-refractivity contribution < 1.29 is 4.39 Å². The van der Waals surface area contributed by atoms with Crippen LogP contribution in [-0.2, 0) is 0 Å². The largest absolute Gasteiger partial charge is 0.381 e. The van der Waals surface area contributed by atoms with Crippen molar-refractivity contribution in [3.63, 3.8) is 0 Å². The molecule has 2 bridgehead atoms. The summed E-state index contributed by atoms with van der Waals surface area (Å²) >= 11 is 3.46. The zero-order valence-corrected chi connectivity index (χ0v) is 10.6. The molecule has 1 aromatic carbocycles. The quantitative estimate of drug-likeness (QED) is 0.858. The molecule has 2 saturated carbocycles. The lowest BCUT2D eigenvalue weighted by Crippen LogP contribution is -2.26. The Morgan fingerprint density at radius 1 is 1.25 bits per heavy atom. The summed E-state index contributed by atoms with van der Waals surface area (Å²) in [6.07, 6.45) is 5.36. The first kappa shape index (κ1) is 10.6. The van der Waals surface area contributed by atoms with Crippen molar-refractivity contribution in [3.8, 4) is 0 Å². The first-order chi connectivity index (χ1) is 7.72. The van der Waals surface area contributed by atoms with Gasteiger partial charge in [0.2, 0.25) is 0 Å². The molecule has 86 valence electrons. The average molecular weight is 284 g/mol. The molecule has 0 radical (unpaired) electrons. The minimum Gasteiger partial charge on any atom is -0.381 e. The van der Waals surface area contributed by atoms with Gasteiger partial charge in [-0.05, 0) is 65.2 Å². The third kappa shape index (κ3) is 1.86. The number of nitrogens with one attached hydrogen (secondary N) is 1. The van der Waals surface area contributed by atoms with Gasteiger partial charge in [-0.15, -0.1) is 0 Å². The molecular weight excluding hydrogens is 269 g/mol. The Bertz CT molecular complexity index is 407. The van der Waals surface area contributed by atoms with E-state index < -0.39 is 0 Å². The summed E-state index contributed by atoms with van der Waals surface area (Å²) in [6.45, 7) is 0. The fraction of sp³-hybridized carbons (Fsp3) is 0.538. The third-order valence-electron chi connectivity index (χ3n) is 4.01. The lowest BCUT2D eigenvalue weighted by Gasteiger charge is -2.24. The number of halogens is 2. The van der Waals surface area contributed by atoms with Crippen molar-refractivity contribution in [2.45, 2.75) is 31.7 Å². The molecule has 1 aromatic rings. The van der Waals surface area contributed by atoms with Crippen molar-refractivity contribution in [2.75, 3.05) is 5.32 Å². The zero-order valence-electron chi connectivity index (χ0n) is 9.05. The van der Waals surface area contributed by atoms with Gasteiger partial charge < -0.3 is 5.32 Å². The van der Waals surface area contributed by atoms with E-state index in [-0.39, 0.29) is 5.82 Å². The van der Waals surface area contributed by atoms with Crippen molar-refractivity contribution in [1.82, 2.24) is 0 Å². The molecule has 0 saturated heterocycles. The van der Waals surface area contributed by atoms with E-state index in [0.717, 1.165) is 22.0 Å².